The Morgan fingerprint density at radius 2 is 2.11 bits per heavy atom. The minimum atomic E-state index is -0.250. The summed E-state index contributed by atoms with van der Waals surface area (Å²) in [5.74, 6) is 0. The SMILES string of the molecule is CCCC(NOC)N1OC(C)N(CCOC)c2cc(C=O)ccc21.NCO. The molecule has 1 heterocycles. The van der Waals surface area contributed by atoms with E-state index in [1.807, 2.05) is 24.1 Å². The lowest BCUT2D eigenvalue weighted by Crippen LogP contribution is -2.54. The van der Waals surface area contributed by atoms with E-state index in [0.29, 0.717) is 18.7 Å². The van der Waals surface area contributed by atoms with Gasteiger partial charge in [-0.2, -0.15) is 5.48 Å². The van der Waals surface area contributed by atoms with Crippen molar-refractivity contribution in [3.05, 3.63) is 23.8 Å². The highest BCUT2D eigenvalue weighted by Crippen LogP contribution is 2.38. The Balaban J connectivity index is 0.00000114. The Kier molecular flexibility index (Phi) is 10.9. The number of hydrogen-bond donors (Lipinski definition) is 3. The zero-order chi connectivity index (χ0) is 20.2. The fraction of sp³-hybridized carbons (Fsp3) is 0.611. The number of anilines is 2. The van der Waals surface area contributed by atoms with E-state index in [-0.39, 0.29) is 19.1 Å². The number of methoxy groups -OCH3 is 1. The molecule has 0 radical (unpaired) electrons. The maximum atomic E-state index is 11.2. The molecule has 154 valence electrons. The van der Waals surface area contributed by atoms with Crippen LogP contribution in [-0.4, -0.2) is 57.9 Å². The van der Waals surface area contributed by atoms with E-state index in [9.17, 15) is 4.79 Å². The number of nitrogens with one attached hydrogen (secondary N) is 1. The molecule has 0 spiro atoms. The van der Waals surface area contributed by atoms with Crippen LogP contribution in [0.25, 0.3) is 0 Å². The summed E-state index contributed by atoms with van der Waals surface area (Å²) in [6.07, 6.45) is 2.38. The van der Waals surface area contributed by atoms with Gasteiger partial charge in [0.1, 0.15) is 12.5 Å². The van der Waals surface area contributed by atoms with Crippen LogP contribution in [0.2, 0.25) is 0 Å². The lowest BCUT2D eigenvalue weighted by molar-refractivity contribution is -0.0350. The van der Waals surface area contributed by atoms with Gasteiger partial charge in [0.25, 0.3) is 0 Å². The first-order valence-corrected chi connectivity index (χ1v) is 8.98. The molecule has 1 aliphatic heterocycles. The van der Waals surface area contributed by atoms with Crippen LogP contribution in [0, 0.1) is 0 Å². The molecule has 2 rings (SSSR count). The zero-order valence-electron chi connectivity index (χ0n) is 16.6. The van der Waals surface area contributed by atoms with Crippen molar-refractivity contribution in [3.63, 3.8) is 0 Å². The molecule has 0 saturated carbocycles. The summed E-state index contributed by atoms with van der Waals surface area (Å²) in [7, 11) is 3.27. The summed E-state index contributed by atoms with van der Waals surface area (Å²) in [4.78, 5) is 24.6. The van der Waals surface area contributed by atoms with E-state index in [1.54, 1.807) is 20.3 Å². The molecule has 0 aromatic heterocycles. The van der Waals surface area contributed by atoms with Crippen molar-refractivity contribution in [2.24, 2.45) is 5.73 Å². The van der Waals surface area contributed by atoms with Gasteiger partial charge in [0.2, 0.25) is 0 Å². The van der Waals surface area contributed by atoms with Crippen LogP contribution in [0.4, 0.5) is 11.4 Å². The van der Waals surface area contributed by atoms with E-state index in [0.717, 1.165) is 30.5 Å². The highest BCUT2D eigenvalue weighted by Gasteiger charge is 2.33. The van der Waals surface area contributed by atoms with Crippen molar-refractivity contribution in [1.82, 2.24) is 5.48 Å². The van der Waals surface area contributed by atoms with E-state index < -0.39 is 0 Å². The van der Waals surface area contributed by atoms with Crippen LogP contribution in [-0.2, 0) is 14.4 Å². The number of aliphatic hydroxyl groups excluding tert-OH is 1. The highest BCUT2D eigenvalue weighted by molar-refractivity contribution is 5.83. The number of aldehydes is 1. The first-order valence-electron chi connectivity index (χ1n) is 8.98. The number of hydroxylamine groups is 2. The van der Waals surface area contributed by atoms with Gasteiger partial charge in [-0.25, -0.2) is 9.90 Å². The number of hydrogen-bond acceptors (Lipinski definition) is 9. The molecule has 9 heteroatoms. The Morgan fingerprint density at radius 3 is 2.67 bits per heavy atom. The predicted molar refractivity (Wildman–Crippen MR) is 104 cm³/mol. The first kappa shape index (κ1) is 23.3. The van der Waals surface area contributed by atoms with Crippen LogP contribution >= 0.6 is 0 Å². The average Bonchev–Trinajstić information content (AvgIpc) is 2.67. The normalized spacial score (nSPS) is 17.0. The van der Waals surface area contributed by atoms with Crippen molar-refractivity contribution in [2.45, 2.75) is 39.1 Å². The van der Waals surface area contributed by atoms with Crippen LogP contribution in [0.1, 0.15) is 37.0 Å². The summed E-state index contributed by atoms with van der Waals surface area (Å²) < 4.78 is 5.20. The van der Waals surface area contributed by atoms with Crippen molar-refractivity contribution in [2.75, 3.05) is 44.1 Å². The number of nitrogens with zero attached hydrogens (tertiary/aromatic N) is 2. The largest absolute Gasteiger partial charge is 0.383 e. The molecular formula is C18H32N4O5. The number of rotatable bonds is 9. The zero-order valence-corrected chi connectivity index (χ0v) is 16.6. The highest BCUT2D eigenvalue weighted by atomic mass is 16.7. The topological polar surface area (TPSA) is 110 Å². The van der Waals surface area contributed by atoms with Crippen LogP contribution < -0.4 is 21.2 Å². The molecule has 0 fully saturated rings. The van der Waals surface area contributed by atoms with Crippen molar-refractivity contribution < 1.29 is 24.3 Å². The van der Waals surface area contributed by atoms with Crippen molar-refractivity contribution >= 4 is 17.7 Å². The second kappa shape index (κ2) is 12.6. The number of ether oxygens (including phenoxy) is 1. The van der Waals surface area contributed by atoms with Gasteiger partial charge in [0, 0.05) is 19.2 Å². The molecule has 9 nitrogen and oxygen atoms in total. The minimum Gasteiger partial charge on any atom is -0.383 e. The molecule has 1 aromatic carbocycles. The molecule has 4 N–H and O–H groups in total. The second-order valence-corrected chi connectivity index (χ2v) is 5.89. The maximum absolute atomic E-state index is 11.2. The Hall–Kier alpha value is -1.75. The maximum Gasteiger partial charge on any atom is 0.154 e. The summed E-state index contributed by atoms with van der Waals surface area (Å²) in [5, 5.41) is 9.19. The standard InChI is InChI=1S/C17H27N3O4.CH5NO/c1-5-6-17(18-23-4)20-15-8-7-14(12-21)11-16(15)19(9-10-22-3)13(2)24-20;2-1-3/h7-8,11-13,17-18H,5-6,9-10H2,1-4H3;3H,1-2H2. The molecule has 1 aromatic rings. The van der Waals surface area contributed by atoms with Gasteiger partial charge in [-0.05, 0) is 31.5 Å². The molecule has 2 atom stereocenters. The second-order valence-electron chi connectivity index (χ2n) is 5.89. The van der Waals surface area contributed by atoms with Crippen molar-refractivity contribution in [1.29, 1.82) is 0 Å². The van der Waals surface area contributed by atoms with E-state index in [4.69, 9.17) is 19.5 Å². The van der Waals surface area contributed by atoms with E-state index >= 15 is 0 Å². The number of carbonyl (C=O) groups excluding carboxylic acids is 1. The summed E-state index contributed by atoms with van der Waals surface area (Å²) >= 11 is 0. The smallest absolute Gasteiger partial charge is 0.154 e. The predicted octanol–water partition coefficient (Wildman–Crippen LogP) is 1.22. The van der Waals surface area contributed by atoms with E-state index in [2.05, 4.69) is 23.0 Å². The number of nitrogens with two attached hydrogens (primary N) is 1. The van der Waals surface area contributed by atoms with Crippen molar-refractivity contribution in [3.8, 4) is 0 Å². The molecule has 0 saturated heterocycles. The summed E-state index contributed by atoms with van der Waals surface area (Å²) in [5.41, 5.74) is 9.88. The lowest BCUT2D eigenvalue weighted by Gasteiger charge is -2.45. The summed E-state index contributed by atoms with van der Waals surface area (Å²) in [6, 6.07) is 5.59. The average molecular weight is 384 g/mol. The van der Waals surface area contributed by atoms with Crippen LogP contribution in [0.5, 0.6) is 0 Å². The molecule has 0 amide bonds. The molecule has 0 aliphatic carbocycles. The fourth-order valence-electron chi connectivity index (χ4n) is 2.87. The third-order valence-electron chi connectivity index (χ3n) is 4.02. The molecule has 0 bridgehead atoms. The Bertz CT molecular complexity index is 555. The monoisotopic (exact) mass is 384 g/mol. The molecule has 2 unspecified atom stereocenters. The summed E-state index contributed by atoms with van der Waals surface area (Å²) in [6.45, 7) is 5.10. The van der Waals surface area contributed by atoms with Gasteiger partial charge in [0.15, 0.2) is 6.23 Å². The fourth-order valence-corrected chi connectivity index (χ4v) is 2.87. The number of benzene rings is 1. The van der Waals surface area contributed by atoms with Gasteiger partial charge in [-0.1, -0.05) is 13.3 Å². The van der Waals surface area contributed by atoms with E-state index in [1.165, 1.54) is 0 Å². The van der Waals surface area contributed by atoms with Gasteiger partial charge in [-0.3, -0.25) is 4.79 Å². The number of fused-ring (bicyclic) bond motifs is 1. The van der Waals surface area contributed by atoms with Gasteiger partial charge in [-0.15, -0.1) is 0 Å². The van der Waals surface area contributed by atoms with Gasteiger partial charge >= 0.3 is 0 Å². The third-order valence-corrected chi connectivity index (χ3v) is 4.02. The van der Waals surface area contributed by atoms with Gasteiger partial charge in [0.05, 0.1) is 31.8 Å². The molecule has 1 aliphatic rings. The Morgan fingerprint density at radius 1 is 1.41 bits per heavy atom. The number of carbonyl (C=O) groups is 1. The number of aliphatic hydroxyl groups is 1. The van der Waals surface area contributed by atoms with Crippen LogP contribution in [0.3, 0.4) is 0 Å². The quantitative estimate of drug-likeness (QED) is 0.329. The molecule has 27 heavy (non-hydrogen) atoms. The molecular weight excluding hydrogens is 352 g/mol. The lowest BCUT2D eigenvalue weighted by atomic mass is 10.1. The third kappa shape index (κ3) is 6.42. The Labute approximate surface area is 160 Å². The van der Waals surface area contributed by atoms with Crippen LogP contribution in [0.15, 0.2) is 18.2 Å². The minimum absolute atomic E-state index is 0.118. The van der Waals surface area contributed by atoms with Gasteiger partial charge < -0.3 is 25.3 Å². The first-order chi connectivity index (χ1) is 13.1.